The van der Waals surface area contributed by atoms with E-state index in [9.17, 15) is 9.90 Å². The smallest absolute Gasteiger partial charge is 0.245 e. The zero-order chi connectivity index (χ0) is 14.8. The van der Waals surface area contributed by atoms with Gasteiger partial charge in [0.15, 0.2) is 0 Å². The molecule has 6 nitrogen and oxygen atoms in total. The van der Waals surface area contributed by atoms with Crippen LogP contribution in [0.4, 0.5) is 5.95 Å². The normalized spacial score (nSPS) is 29.1. The molecule has 1 aromatic heterocycles. The standard InChI is InChI=1S/C15H22N4O2/c1-11-5-9-18(13(11)10-20)14(21)12-4-2-8-19(12)15-16-6-3-7-17-15/h3,6-7,11-13,20H,2,4-5,8-10H2,1H3. The van der Waals surface area contributed by atoms with E-state index >= 15 is 0 Å². The highest BCUT2D eigenvalue weighted by molar-refractivity contribution is 5.86. The second-order valence-corrected chi connectivity index (χ2v) is 5.95. The number of anilines is 1. The average molecular weight is 290 g/mol. The molecule has 114 valence electrons. The molecule has 2 aliphatic heterocycles. The van der Waals surface area contributed by atoms with Gasteiger partial charge in [0, 0.05) is 25.5 Å². The molecule has 2 aliphatic rings. The molecule has 3 rings (SSSR count). The topological polar surface area (TPSA) is 69.6 Å². The monoisotopic (exact) mass is 290 g/mol. The van der Waals surface area contributed by atoms with E-state index in [2.05, 4.69) is 16.9 Å². The number of carbonyl (C=O) groups is 1. The van der Waals surface area contributed by atoms with Gasteiger partial charge in [-0.25, -0.2) is 9.97 Å². The summed E-state index contributed by atoms with van der Waals surface area (Å²) < 4.78 is 0. The molecular formula is C15H22N4O2. The Morgan fingerprint density at radius 2 is 2.10 bits per heavy atom. The van der Waals surface area contributed by atoms with E-state index < -0.39 is 0 Å². The van der Waals surface area contributed by atoms with Crippen LogP contribution in [0.5, 0.6) is 0 Å². The minimum absolute atomic E-state index is 0.0431. The van der Waals surface area contributed by atoms with Gasteiger partial charge in [-0.05, 0) is 31.2 Å². The molecule has 0 radical (unpaired) electrons. The first kappa shape index (κ1) is 14.3. The summed E-state index contributed by atoms with van der Waals surface area (Å²) in [4.78, 5) is 25.3. The van der Waals surface area contributed by atoms with Crippen molar-refractivity contribution in [2.75, 3.05) is 24.6 Å². The van der Waals surface area contributed by atoms with Gasteiger partial charge in [-0.2, -0.15) is 0 Å². The number of aliphatic hydroxyl groups excluding tert-OH is 1. The van der Waals surface area contributed by atoms with Crippen LogP contribution in [-0.2, 0) is 4.79 Å². The number of aliphatic hydroxyl groups is 1. The molecule has 2 fully saturated rings. The van der Waals surface area contributed by atoms with Gasteiger partial charge < -0.3 is 14.9 Å². The molecule has 3 heterocycles. The van der Waals surface area contributed by atoms with Gasteiger partial charge in [0.25, 0.3) is 0 Å². The number of nitrogens with zero attached hydrogens (tertiary/aromatic N) is 4. The van der Waals surface area contributed by atoms with Crippen molar-refractivity contribution in [1.82, 2.24) is 14.9 Å². The number of hydrogen-bond donors (Lipinski definition) is 1. The summed E-state index contributed by atoms with van der Waals surface area (Å²) in [5, 5.41) is 9.55. The maximum Gasteiger partial charge on any atom is 0.245 e. The Balaban J connectivity index is 1.78. The van der Waals surface area contributed by atoms with Crippen LogP contribution in [0.2, 0.25) is 0 Å². The second-order valence-electron chi connectivity index (χ2n) is 5.95. The van der Waals surface area contributed by atoms with Gasteiger partial charge in [-0.15, -0.1) is 0 Å². The van der Waals surface area contributed by atoms with Crippen molar-refractivity contribution in [2.24, 2.45) is 5.92 Å². The van der Waals surface area contributed by atoms with Crippen molar-refractivity contribution >= 4 is 11.9 Å². The van der Waals surface area contributed by atoms with Crippen molar-refractivity contribution in [3.8, 4) is 0 Å². The quantitative estimate of drug-likeness (QED) is 0.886. The first-order valence-electron chi connectivity index (χ1n) is 7.67. The lowest BCUT2D eigenvalue weighted by atomic mass is 10.0. The highest BCUT2D eigenvalue weighted by atomic mass is 16.3. The molecule has 1 amide bonds. The largest absolute Gasteiger partial charge is 0.394 e. The molecule has 0 bridgehead atoms. The summed E-state index contributed by atoms with van der Waals surface area (Å²) in [7, 11) is 0. The summed E-state index contributed by atoms with van der Waals surface area (Å²) in [5.41, 5.74) is 0. The lowest BCUT2D eigenvalue weighted by Crippen LogP contribution is -2.49. The Morgan fingerprint density at radius 3 is 2.81 bits per heavy atom. The maximum atomic E-state index is 12.9. The van der Waals surface area contributed by atoms with Gasteiger partial charge in [-0.3, -0.25) is 4.79 Å². The number of likely N-dealkylation sites (tertiary alicyclic amines) is 1. The Kier molecular flexibility index (Phi) is 4.05. The first-order chi connectivity index (χ1) is 10.2. The van der Waals surface area contributed by atoms with Crippen LogP contribution < -0.4 is 4.90 Å². The van der Waals surface area contributed by atoms with E-state index in [0.717, 1.165) is 32.4 Å². The fraction of sp³-hybridized carbons (Fsp3) is 0.667. The zero-order valence-corrected chi connectivity index (χ0v) is 12.4. The number of carbonyl (C=O) groups excluding carboxylic acids is 1. The second kappa shape index (κ2) is 5.97. The molecule has 2 saturated heterocycles. The van der Waals surface area contributed by atoms with Gasteiger partial charge in [0.05, 0.1) is 12.6 Å². The van der Waals surface area contributed by atoms with Gasteiger partial charge in [0.2, 0.25) is 11.9 Å². The van der Waals surface area contributed by atoms with Crippen molar-refractivity contribution < 1.29 is 9.90 Å². The van der Waals surface area contributed by atoms with Crippen LogP contribution in [0.25, 0.3) is 0 Å². The van der Waals surface area contributed by atoms with Gasteiger partial charge in [-0.1, -0.05) is 6.92 Å². The van der Waals surface area contributed by atoms with E-state index in [0.29, 0.717) is 11.9 Å². The molecule has 0 spiro atoms. The molecule has 0 aromatic carbocycles. The Hall–Kier alpha value is -1.69. The third kappa shape index (κ3) is 2.60. The van der Waals surface area contributed by atoms with Crippen molar-refractivity contribution in [1.29, 1.82) is 0 Å². The average Bonchev–Trinajstić information content (AvgIpc) is 3.13. The third-order valence-corrected chi connectivity index (χ3v) is 4.70. The van der Waals surface area contributed by atoms with Crippen molar-refractivity contribution in [2.45, 2.75) is 38.3 Å². The summed E-state index contributed by atoms with van der Waals surface area (Å²) in [6.07, 6.45) is 6.18. The van der Waals surface area contributed by atoms with Crippen molar-refractivity contribution in [3.05, 3.63) is 18.5 Å². The van der Waals surface area contributed by atoms with E-state index in [1.165, 1.54) is 0 Å². The predicted molar refractivity (Wildman–Crippen MR) is 78.8 cm³/mol. The molecular weight excluding hydrogens is 268 g/mol. The molecule has 1 N–H and O–H groups in total. The number of aromatic nitrogens is 2. The van der Waals surface area contributed by atoms with E-state index in [1.54, 1.807) is 18.5 Å². The molecule has 21 heavy (non-hydrogen) atoms. The van der Waals surface area contributed by atoms with Crippen LogP contribution in [0, 0.1) is 5.92 Å². The van der Waals surface area contributed by atoms with Crippen LogP contribution >= 0.6 is 0 Å². The lowest BCUT2D eigenvalue weighted by molar-refractivity contribution is -0.134. The predicted octanol–water partition coefficient (Wildman–Crippen LogP) is 0.675. The van der Waals surface area contributed by atoms with Crippen LogP contribution in [-0.4, -0.2) is 57.7 Å². The van der Waals surface area contributed by atoms with E-state index in [-0.39, 0.29) is 24.6 Å². The van der Waals surface area contributed by atoms with Gasteiger partial charge >= 0.3 is 0 Å². The first-order valence-corrected chi connectivity index (χ1v) is 7.67. The Bertz CT molecular complexity index is 496. The van der Waals surface area contributed by atoms with Gasteiger partial charge in [0.1, 0.15) is 6.04 Å². The van der Waals surface area contributed by atoms with Crippen LogP contribution in [0.1, 0.15) is 26.2 Å². The summed E-state index contributed by atoms with van der Waals surface area (Å²) in [5.74, 6) is 1.10. The van der Waals surface area contributed by atoms with E-state index in [1.807, 2.05) is 9.80 Å². The lowest BCUT2D eigenvalue weighted by Gasteiger charge is -2.31. The molecule has 6 heteroatoms. The van der Waals surface area contributed by atoms with E-state index in [4.69, 9.17) is 0 Å². The van der Waals surface area contributed by atoms with Crippen LogP contribution in [0.15, 0.2) is 18.5 Å². The maximum absolute atomic E-state index is 12.9. The number of rotatable bonds is 3. The zero-order valence-electron chi connectivity index (χ0n) is 12.4. The molecule has 0 aliphatic carbocycles. The van der Waals surface area contributed by atoms with Crippen LogP contribution in [0.3, 0.4) is 0 Å². The third-order valence-electron chi connectivity index (χ3n) is 4.70. The molecule has 3 unspecified atom stereocenters. The SMILES string of the molecule is CC1CCN(C(=O)C2CCCN2c2ncccn2)C1CO. The molecule has 1 aromatic rings. The number of amides is 1. The minimum Gasteiger partial charge on any atom is -0.394 e. The molecule has 0 saturated carbocycles. The fourth-order valence-corrected chi connectivity index (χ4v) is 3.45. The summed E-state index contributed by atoms with van der Waals surface area (Å²) in [6.45, 7) is 3.70. The molecule has 3 atom stereocenters. The Morgan fingerprint density at radius 1 is 1.33 bits per heavy atom. The Labute approximate surface area is 124 Å². The highest BCUT2D eigenvalue weighted by Crippen LogP contribution is 2.29. The summed E-state index contributed by atoms with van der Waals surface area (Å²) >= 11 is 0. The minimum atomic E-state index is -0.188. The summed E-state index contributed by atoms with van der Waals surface area (Å²) in [6, 6.07) is 1.55. The highest BCUT2D eigenvalue weighted by Gasteiger charge is 2.41. The fourth-order valence-electron chi connectivity index (χ4n) is 3.45. The van der Waals surface area contributed by atoms with Crippen molar-refractivity contribution in [3.63, 3.8) is 0 Å². The number of hydrogen-bond acceptors (Lipinski definition) is 5.